The fraction of sp³-hybridized carbons (Fsp3) is 0.467. The summed E-state index contributed by atoms with van der Waals surface area (Å²) >= 11 is 1.64. The third-order valence-corrected chi connectivity index (χ3v) is 5.13. The zero-order valence-electron chi connectivity index (χ0n) is 11.2. The second kappa shape index (κ2) is 4.60. The monoisotopic (exact) mass is 275 g/mol. The van der Waals surface area contributed by atoms with E-state index in [1.165, 1.54) is 5.56 Å². The van der Waals surface area contributed by atoms with Gasteiger partial charge in [0.2, 0.25) is 0 Å². The summed E-state index contributed by atoms with van der Waals surface area (Å²) in [5.74, 6) is -0.0991. The van der Waals surface area contributed by atoms with Crippen LogP contribution in [0.5, 0.6) is 0 Å². The molecular formula is C15H17NO2S. The van der Waals surface area contributed by atoms with E-state index in [0.717, 1.165) is 34.5 Å². The standard InChI is InChI=1S/C15H17NO2S/c1-3-18-14(17)15(8-5-9-15)13-16-12-10(2)6-4-7-11(12)19-13/h4,6-7H,3,5,8-9H2,1-2H3. The van der Waals surface area contributed by atoms with E-state index in [2.05, 4.69) is 19.1 Å². The predicted molar refractivity (Wildman–Crippen MR) is 76.5 cm³/mol. The molecule has 1 heterocycles. The number of para-hydroxylation sites is 1. The molecule has 3 nitrogen and oxygen atoms in total. The lowest BCUT2D eigenvalue weighted by molar-refractivity contribution is -0.153. The number of rotatable bonds is 3. The van der Waals surface area contributed by atoms with Gasteiger partial charge < -0.3 is 4.74 Å². The lowest BCUT2D eigenvalue weighted by Gasteiger charge is -2.37. The molecule has 2 aromatic rings. The second-order valence-corrected chi connectivity index (χ2v) is 6.13. The Morgan fingerprint density at radius 3 is 2.84 bits per heavy atom. The van der Waals surface area contributed by atoms with Crippen LogP contribution in [-0.4, -0.2) is 17.6 Å². The molecule has 0 saturated heterocycles. The average Bonchev–Trinajstić information content (AvgIpc) is 2.73. The number of ether oxygens (including phenoxy) is 1. The molecule has 1 aliphatic carbocycles. The van der Waals surface area contributed by atoms with Gasteiger partial charge in [-0.05, 0) is 38.3 Å². The van der Waals surface area contributed by atoms with Crippen molar-refractivity contribution in [1.29, 1.82) is 0 Å². The van der Waals surface area contributed by atoms with Crippen LogP contribution in [0.2, 0.25) is 0 Å². The lowest BCUT2D eigenvalue weighted by atomic mass is 9.69. The van der Waals surface area contributed by atoms with Crippen molar-refractivity contribution in [2.75, 3.05) is 6.61 Å². The molecule has 0 spiro atoms. The fourth-order valence-corrected chi connectivity index (χ4v) is 3.87. The first-order valence-electron chi connectivity index (χ1n) is 6.71. The van der Waals surface area contributed by atoms with E-state index in [4.69, 9.17) is 9.72 Å². The highest BCUT2D eigenvalue weighted by Crippen LogP contribution is 2.47. The van der Waals surface area contributed by atoms with Gasteiger partial charge in [0.15, 0.2) is 0 Å². The van der Waals surface area contributed by atoms with E-state index >= 15 is 0 Å². The SMILES string of the molecule is CCOC(=O)C1(c2nc3c(C)cccc3s2)CCC1. The van der Waals surface area contributed by atoms with E-state index < -0.39 is 5.41 Å². The zero-order valence-corrected chi connectivity index (χ0v) is 12.0. The summed E-state index contributed by atoms with van der Waals surface area (Å²) in [6.45, 7) is 4.35. The maximum atomic E-state index is 12.3. The number of thiazole rings is 1. The highest BCUT2D eigenvalue weighted by Gasteiger charge is 2.49. The Morgan fingerprint density at radius 2 is 2.26 bits per heavy atom. The summed E-state index contributed by atoms with van der Waals surface area (Å²) in [7, 11) is 0. The Hall–Kier alpha value is -1.42. The van der Waals surface area contributed by atoms with Crippen molar-refractivity contribution in [3.05, 3.63) is 28.8 Å². The van der Waals surface area contributed by atoms with Crippen LogP contribution in [0.1, 0.15) is 36.8 Å². The third-order valence-electron chi connectivity index (χ3n) is 3.90. The number of nitrogens with zero attached hydrogens (tertiary/aromatic N) is 1. The van der Waals surface area contributed by atoms with Gasteiger partial charge in [0.1, 0.15) is 10.4 Å². The highest BCUT2D eigenvalue weighted by molar-refractivity contribution is 7.18. The Balaban J connectivity index is 2.07. The van der Waals surface area contributed by atoms with Crippen molar-refractivity contribution in [3.63, 3.8) is 0 Å². The first-order chi connectivity index (χ1) is 9.17. The second-order valence-electron chi connectivity index (χ2n) is 5.10. The van der Waals surface area contributed by atoms with Crippen molar-refractivity contribution in [3.8, 4) is 0 Å². The molecule has 100 valence electrons. The van der Waals surface area contributed by atoms with E-state index in [1.54, 1.807) is 11.3 Å². The number of hydrogen-bond donors (Lipinski definition) is 0. The van der Waals surface area contributed by atoms with E-state index in [9.17, 15) is 4.79 Å². The van der Waals surface area contributed by atoms with Gasteiger partial charge in [0.05, 0.1) is 16.8 Å². The van der Waals surface area contributed by atoms with Gasteiger partial charge in [0.25, 0.3) is 0 Å². The Labute approximate surface area is 116 Å². The van der Waals surface area contributed by atoms with Gasteiger partial charge in [-0.15, -0.1) is 11.3 Å². The normalized spacial score (nSPS) is 17.2. The van der Waals surface area contributed by atoms with Crippen LogP contribution in [0.3, 0.4) is 0 Å². The number of esters is 1. The lowest BCUT2D eigenvalue weighted by Crippen LogP contribution is -2.43. The smallest absolute Gasteiger partial charge is 0.319 e. The maximum absolute atomic E-state index is 12.3. The Morgan fingerprint density at radius 1 is 1.47 bits per heavy atom. The summed E-state index contributed by atoms with van der Waals surface area (Å²) in [5, 5.41) is 0.932. The largest absolute Gasteiger partial charge is 0.465 e. The molecule has 1 saturated carbocycles. The first-order valence-corrected chi connectivity index (χ1v) is 7.53. The molecule has 1 aromatic carbocycles. The molecule has 1 fully saturated rings. The molecule has 0 aliphatic heterocycles. The molecule has 1 aliphatic rings. The third kappa shape index (κ3) is 1.86. The molecule has 0 N–H and O–H groups in total. The van der Waals surface area contributed by atoms with Crippen molar-refractivity contribution >= 4 is 27.5 Å². The van der Waals surface area contributed by atoms with Crippen molar-refractivity contribution < 1.29 is 9.53 Å². The van der Waals surface area contributed by atoms with Crippen LogP contribution in [0.15, 0.2) is 18.2 Å². The topological polar surface area (TPSA) is 39.2 Å². The van der Waals surface area contributed by atoms with Gasteiger partial charge in [-0.1, -0.05) is 18.6 Å². The first kappa shape index (κ1) is 12.6. The molecule has 3 rings (SSSR count). The van der Waals surface area contributed by atoms with Crippen LogP contribution >= 0.6 is 11.3 Å². The van der Waals surface area contributed by atoms with Gasteiger partial charge in [-0.3, -0.25) is 4.79 Å². The summed E-state index contributed by atoms with van der Waals surface area (Å²) in [6, 6.07) is 6.17. The maximum Gasteiger partial charge on any atom is 0.319 e. The van der Waals surface area contributed by atoms with Crippen LogP contribution in [0.4, 0.5) is 0 Å². The van der Waals surface area contributed by atoms with Crippen LogP contribution in [0, 0.1) is 6.92 Å². The van der Waals surface area contributed by atoms with Crippen LogP contribution in [0.25, 0.3) is 10.2 Å². The number of benzene rings is 1. The minimum Gasteiger partial charge on any atom is -0.465 e. The average molecular weight is 275 g/mol. The van der Waals surface area contributed by atoms with Crippen LogP contribution < -0.4 is 0 Å². The van der Waals surface area contributed by atoms with Gasteiger partial charge >= 0.3 is 5.97 Å². The minimum atomic E-state index is -0.466. The Bertz CT molecular complexity index is 628. The molecule has 1 aromatic heterocycles. The number of carbonyl (C=O) groups is 1. The van der Waals surface area contributed by atoms with Gasteiger partial charge in [-0.2, -0.15) is 0 Å². The summed E-state index contributed by atoms with van der Waals surface area (Å²) < 4.78 is 6.42. The van der Waals surface area contributed by atoms with Crippen molar-refractivity contribution in [1.82, 2.24) is 4.98 Å². The highest BCUT2D eigenvalue weighted by atomic mass is 32.1. The van der Waals surface area contributed by atoms with E-state index in [0.29, 0.717) is 6.61 Å². The minimum absolute atomic E-state index is 0.0991. The number of hydrogen-bond acceptors (Lipinski definition) is 4. The number of carbonyl (C=O) groups excluding carboxylic acids is 1. The summed E-state index contributed by atoms with van der Waals surface area (Å²) in [5.41, 5.74) is 1.72. The number of aryl methyl sites for hydroxylation is 1. The molecule has 0 radical (unpaired) electrons. The summed E-state index contributed by atoms with van der Waals surface area (Å²) in [6.07, 6.45) is 2.81. The van der Waals surface area contributed by atoms with Gasteiger partial charge in [0, 0.05) is 0 Å². The zero-order chi connectivity index (χ0) is 13.5. The van der Waals surface area contributed by atoms with Crippen LogP contribution in [-0.2, 0) is 14.9 Å². The summed E-state index contributed by atoms with van der Waals surface area (Å²) in [4.78, 5) is 17.0. The molecule has 4 heteroatoms. The fourth-order valence-electron chi connectivity index (χ4n) is 2.60. The predicted octanol–water partition coefficient (Wildman–Crippen LogP) is 3.59. The molecular weight excluding hydrogens is 258 g/mol. The quantitative estimate of drug-likeness (QED) is 0.804. The number of aromatic nitrogens is 1. The van der Waals surface area contributed by atoms with E-state index in [1.807, 2.05) is 13.0 Å². The molecule has 0 atom stereocenters. The van der Waals surface area contributed by atoms with Crippen molar-refractivity contribution in [2.45, 2.75) is 38.5 Å². The molecule has 19 heavy (non-hydrogen) atoms. The Kier molecular flexibility index (Phi) is 3.05. The molecule has 0 bridgehead atoms. The number of fused-ring (bicyclic) bond motifs is 1. The van der Waals surface area contributed by atoms with Gasteiger partial charge in [-0.25, -0.2) is 4.98 Å². The molecule has 0 unspecified atom stereocenters. The molecule has 0 amide bonds. The van der Waals surface area contributed by atoms with E-state index in [-0.39, 0.29) is 5.97 Å². The van der Waals surface area contributed by atoms with Crippen molar-refractivity contribution in [2.24, 2.45) is 0 Å².